The van der Waals surface area contributed by atoms with Crippen LogP contribution in [0.5, 0.6) is 0 Å². The number of carbonyl (C=O) groups is 1. The molecule has 0 saturated carbocycles. The molecule has 0 unspecified atom stereocenters. The molecule has 1 aromatic carbocycles. The van der Waals surface area contributed by atoms with Crippen LogP contribution >= 0.6 is 0 Å². The highest BCUT2D eigenvalue weighted by atomic mass is 16.1. The summed E-state index contributed by atoms with van der Waals surface area (Å²) in [5, 5.41) is 1.34. The minimum atomic E-state index is 0.163. The molecule has 1 N–H and O–H groups in total. The topological polar surface area (TPSA) is 36.1 Å². The van der Waals surface area contributed by atoms with Gasteiger partial charge in [-0.1, -0.05) is 18.2 Å². The van der Waals surface area contributed by atoms with Gasteiger partial charge in [-0.3, -0.25) is 9.69 Å². The lowest BCUT2D eigenvalue weighted by atomic mass is 9.80. The summed E-state index contributed by atoms with van der Waals surface area (Å²) in [4.78, 5) is 18.2. The highest BCUT2D eigenvalue weighted by Crippen LogP contribution is 2.42. The van der Waals surface area contributed by atoms with Crippen molar-refractivity contribution in [1.29, 1.82) is 0 Å². The Kier molecular flexibility index (Phi) is 2.71. The lowest BCUT2D eigenvalue weighted by Crippen LogP contribution is -2.45. The summed E-state index contributed by atoms with van der Waals surface area (Å²) in [7, 11) is 0. The second-order valence-corrected chi connectivity index (χ2v) is 6.15. The van der Waals surface area contributed by atoms with Gasteiger partial charge in [0.2, 0.25) is 0 Å². The van der Waals surface area contributed by atoms with Crippen LogP contribution in [-0.4, -0.2) is 28.8 Å². The van der Waals surface area contributed by atoms with Gasteiger partial charge in [0.1, 0.15) is 5.78 Å². The van der Waals surface area contributed by atoms with Gasteiger partial charge in [0.15, 0.2) is 0 Å². The van der Waals surface area contributed by atoms with Crippen LogP contribution in [0.25, 0.3) is 10.9 Å². The molecular formula is C17H20N2O. The van der Waals surface area contributed by atoms with Crippen LogP contribution in [0.4, 0.5) is 0 Å². The number of fused-ring (bicyclic) bond motifs is 5. The Balaban J connectivity index is 1.88. The maximum atomic E-state index is 12.0. The number of para-hydroxylation sites is 1. The molecule has 4 rings (SSSR count). The van der Waals surface area contributed by atoms with E-state index in [1.165, 1.54) is 22.2 Å². The van der Waals surface area contributed by atoms with Gasteiger partial charge in [0, 0.05) is 29.1 Å². The number of H-pyrrole nitrogens is 1. The molecule has 2 aromatic rings. The van der Waals surface area contributed by atoms with Crippen molar-refractivity contribution >= 4 is 16.7 Å². The molecule has 0 spiro atoms. The highest BCUT2D eigenvalue weighted by molar-refractivity contribution is 5.86. The van der Waals surface area contributed by atoms with Crippen molar-refractivity contribution in [2.45, 2.75) is 32.2 Å². The zero-order chi connectivity index (χ0) is 13.7. The van der Waals surface area contributed by atoms with Gasteiger partial charge in [-0.05, 0) is 44.4 Å². The summed E-state index contributed by atoms with van der Waals surface area (Å²) in [6.45, 7) is 3.97. The summed E-state index contributed by atoms with van der Waals surface area (Å²) in [6, 6.07) is 8.80. The number of piperidine rings is 1. The Hall–Kier alpha value is -1.61. The number of hydrogen-bond acceptors (Lipinski definition) is 2. The van der Waals surface area contributed by atoms with Crippen LogP contribution in [-0.2, 0) is 11.2 Å². The Bertz CT molecular complexity index is 673. The van der Waals surface area contributed by atoms with E-state index in [1.807, 2.05) is 0 Å². The van der Waals surface area contributed by atoms with E-state index in [4.69, 9.17) is 0 Å². The number of nitrogens with zero attached hydrogens (tertiary/aromatic N) is 1. The van der Waals surface area contributed by atoms with E-state index in [2.05, 4.69) is 34.1 Å². The minimum absolute atomic E-state index is 0.163. The number of hydrogen-bond donors (Lipinski definition) is 1. The lowest BCUT2D eigenvalue weighted by Gasteiger charge is -2.43. The summed E-state index contributed by atoms with van der Waals surface area (Å²) >= 11 is 0. The molecule has 0 aliphatic carbocycles. The van der Waals surface area contributed by atoms with Crippen molar-refractivity contribution in [3.63, 3.8) is 0 Å². The number of benzene rings is 1. The fourth-order valence-corrected chi connectivity index (χ4v) is 4.12. The molecule has 0 bridgehead atoms. The number of rotatable bonds is 1. The first-order valence-corrected chi connectivity index (χ1v) is 7.59. The Morgan fingerprint density at radius 2 is 2.15 bits per heavy atom. The number of aromatic nitrogens is 1. The summed E-state index contributed by atoms with van der Waals surface area (Å²) < 4.78 is 0. The molecular weight excluding hydrogens is 248 g/mol. The molecule has 3 heterocycles. The quantitative estimate of drug-likeness (QED) is 0.863. The predicted molar refractivity (Wildman–Crippen MR) is 79.7 cm³/mol. The van der Waals surface area contributed by atoms with Gasteiger partial charge in [0.05, 0.1) is 6.04 Å². The van der Waals surface area contributed by atoms with E-state index in [0.717, 1.165) is 32.4 Å². The van der Waals surface area contributed by atoms with Gasteiger partial charge >= 0.3 is 0 Å². The molecule has 2 aliphatic heterocycles. The van der Waals surface area contributed by atoms with Crippen LogP contribution in [0.3, 0.4) is 0 Å². The SMILES string of the molecule is CC(=O)[C@@H]1CCCN2CCc3c([nH]c4ccccc34)[C@@H]12. The third kappa shape index (κ3) is 1.66. The van der Waals surface area contributed by atoms with Crippen LogP contribution in [0.15, 0.2) is 24.3 Å². The van der Waals surface area contributed by atoms with Gasteiger partial charge in [-0.25, -0.2) is 0 Å². The highest BCUT2D eigenvalue weighted by Gasteiger charge is 2.39. The molecule has 1 fully saturated rings. The zero-order valence-corrected chi connectivity index (χ0v) is 11.9. The molecule has 20 heavy (non-hydrogen) atoms. The average Bonchev–Trinajstić information content (AvgIpc) is 2.85. The summed E-state index contributed by atoms with van der Waals surface area (Å²) in [6.07, 6.45) is 3.28. The van der Waals surface area contributed by atoms with Crippen molar-refractivity contribution in [2.75, 3.05) is 13.1 Å². The van der Waals surface area contributed by atoms with Crippen molar-refractivity contribution in [2.24, 2.45) is 5.92 Å². The zero-order valence-electron chi connectivity index (χ0n) is 11.9. The van der Waals surface area contributed by atoms with E-state index in [1.54, 1.807) is 6.92 Å². The third-order valence-corrected chi connectivity index (χ3v) is 5.05. The Labute approximate surface area is 119 Å². The summed E-state index contributed by atoms with van der Waals surface area (Å²) in [5.74, 6) is 0.502. The van der Waals surface area contributed by atoms with Gasteiger partial charge in [0.25, 0.3) is 0 Å². The first-order valence-electron chi connectivity index (χ1n) is 7.59. The average molecular weight is 268 g/mol. The first kappa shape index (κ1) is 12.2. The molecule has 0 amide bonds. The van der Waals surface area contributed by atoms with E-state index in [-0.39, 0.29) is 12.0 Å². The second-order valence-electron chi connectivity index (χ2n) is 6.15. The smallest absolute Gasteiger partial charge is 0.134 e. The number of carbonyl (C=O) groups excluding carboxylic acids is 1. The molecule has 3 nitrogen and oxygen atoms in total. The molecule has 3 heteroatoms. The molecule has 2 atom stereocenters. The molecule has 2 aliphatic rings. The van der Waals surface area contributed by atoms with E-state index in [0.29, 0.717) is 5.78 Å². The number of ketones is 1. The van der Waals surface area contributed by atoms with E-state index >= 15 is 0 Å². The van der Waals surface area contributed by atoms with E-state index in [9.17, 15) is 4.79 Å². The number of aromatic amines is 1. The van der Waals surface area contributed by atoms with Crippen LogP contribution in [0.1, 0.15) is 37.1 Å². The maximum Gasteiger partial charge on any atom is 0.134 e. The molecule has 104 valence electrons. The standard InChI is InChI=1S/C17H20N2O/c1-11(20)12-6-4-9-19-10-8-14-13-5-2-3-7-15(13)18-16(14)17(12)19/h2-3,5,7,12,17-18H,4,6,8-10H2,1H3/t12-,17+/m0/s1. The molecule has 0 radical (unpaired) electrons. The van der Waals surface area contributed by atoms with E-state index < -0.39 is 0 Å². The largest absolute Gasteiger partial charge is 0.357 e. The fraction of sp³-hybridized carbons (Fsp3) is 0.471. The van der Waals surface area contributed by atoms with Crippen LogP contribution in [0.2, 0.25) is 0 Å². The van der Waals surface area contributed by atoms with Crippen LogP contribution < -0.4 is 0 Å². The molecule has 1 aromatic heterocycles. The lowest BCUT2D eigenvalue weighted by molar-refractivity contribution is -0.125. The van der Waals surface area contributed by atoms with Gasteiger partial charge in [-0.15, -0.1) is 0 Å². The van der Waals surface area contributed by atoms with Crippen molar-refractivity contribution < 1.29 is 4.79 Å². The monoisotopic (exact) mass is 268 g/mol. The van der Waals surface area contributed by atoms with Crippen molar-refractivity contribution in [3.05, 3.63) is 35.5 Å². The maximum absolute atomic E-state index is 12.0. The number of Topliss-reactive ketones (excluding diaryl/α,β-unsaturated/α-hetero) is 1. The molecule has 1 saturated heterocycles. The van der Waals surface area contributed by atoms with Gasteiger partial charge < -0.3 is 4.98 Å². The fourth-order valence-electron chi connectivity index (χ4n) is 4.12. The van der Waals surface area contributed by atoms with Gasteiger partial charge in [-0.2, -0.15) is 0 Å². The first-order chi connectivity index (χ1) is 9.75. The number of nitrogens with one attached hydrogen (secondary N) is 1. The Morgan fingerprint density at radius 3 is 3.00 bits per heavy atom. The van der Waals surface area contributed by atoms with Crippen molar-refractivity contribution in [1.82, 2.24) is 9.88 Å². The predicted octanol–water partition coefficient (Wildman–Crippen LogP) is 3.07. The van der Waals surface area contributed by atoms with Crippen molar-refractivity contribution in [3.8, 4) is 0 Å². The normalized spacial score (nSPS) is 26.2. The second kappa shape index (κ2) is 4.45. The summed E-state index contributed by atoms with van der Waals surface area (Å²) in [5.41, 5.74) is 3.96. The third-order valence-electron chi connectivity index (χ3n) is 5.05. The Morgan fingerprint density at radius 1 is 1.30 bits per heavy atom. The minimum Gasteiger partial charge on any atom is -0.357 e. The van der Waals surface area contributed by atoms with Crippen LogP contribution in [0, 0.1) is 5.92 Å².